The molecule has 2 rings (SSSR count). The molecule has 0 aliphatic rings. The third-order valence-corrected chi connectivity index (χ3v) is 4.69. The Kier molecular flexibility index (Phi) is 6.92. The van der Waals surface area contributed by atoms with Crippen LogP contribution in [0.3, 0.4) is 0 Å². The molecule has 0 fully saturated rings. The number of furan rings is 1. The zero-order chi connectivity index (χ0) is 21.8. The van der Waals surface area contributed by atoms with Crippen LogP contribution in [0.1, 0.15) is 41.3 Å². The lowest BCUT2D eigenvalue weighted by Crippen LogP contribution is -2.52. The average molecular weight is 404 g/mol. The molecular formula is C21H26F2N4O2. The smallest absolute Gasteiger partial charge is 0.287 e. The molecule has 1 atom stereocenters. The number of hydrogen-bond donors (Lipinski definition) is 3. The zero-order valence-electron chi connectivity index (χ0n) is 17.0. The van der Waals surface area contributed by atoms with Gasteiger partial charge in [0.1, 0.15) is 5.76 Å². The number of rotatable bonds is 7. The van der Waals surface area contributed by atoms with Crippen LogP contribution in [0.5, 0.6) is 0 Å². The molecule has 0 aliphatic carbocycles. The zero-order valence-corrected chi connectivity index (χ0v) is 17.0. The Hall–Kier alpha value is -3.00. The van der Waals surface area contributed by atoms with E-state index in [9.17, 15) is 13.6 Å². The summed E-state index contributed by atoms with van der Waals surface area (Å²) in [6, 6.07) is 5.19. The number of hydrogen-bond acceptors (Lipinski definition) is 5. The highest BCUT2D eigenvalue weighted by molar-refractivity contribution is 6.13. The van der Waals surface area contributed by atoms with Gasteiger partial charge in [0, 0.05) is 19.2 Å². The number of aliphatic imine (C=N–C) groups is 1. The molecular weight excluding hydrogens is 378 g/mol. The second-order valence-electron chi connectivity index (χ2n) is 7.15. The molecule has 29 heavy (non-hydrogen) atoms. The van der Waals surface area contributed by atoms with E-state index in [1.807, 2.05) is 6.92 Å². The summed E-state index contributed by atoms with van der Waals surface area (Å²) in [5.74, 6) is -1.74. The molecule has 1 aromatic heterocycles. The van der Waals surface area contributed by atoms with Crippen molar-refractivity contribution < 1.29 is 18.0 Å². The maximum atomic E-state index is 13.5. The highest BCUT2D eigenvalue weighted by atomic mass is 19.2. The summed E-state index contributed by atoms with van der Waals surface area (Å²) < 4.78 is 32.3. The molecule has 0 saturated carbocycles. The van der Waals surface area contributed by atoms with E-state index in [4.69, 9.17) is 15.9 Å². The summed E-state index contributed by atoms with van der Waals surface area (Å²) in [6.07, 6.45) is 1.65. The fraction of sp³-hybridized carbons (Fsp3) is 0.333. The number of amides is 1. The fourth-order valence-corrected chi connectivity index (χ4v) is 3.02. The standard InChI is InChI=1S/C21H26F2N4O2/c1-12(10-24)19(26-4)15-8-18(29-13(15)2)20(28)27-21(3,11-25)9-14-5-6-16(22)17(23)7-14/h5-8,10H,9,11,24-25H2,1-4H3,(H,27,28)/t21-/m1/s1. The first kappa shape index (κ1) is 22.3. The predicted molar refractivity (Wildman–Crippen MR) is 109 cm³/mol. The van der Waals surface area contributed by atoms with Crippen LogP contribution in [0.25, 0.3) is 0 Å². The van der Waals surface area contributed by atoms with E-state index in [1.165, 1.54) is 12.3 Å². The Morgan fingerprint density at radius 2 is 2.00 bits per heavy atom. The lowest BCUT2D eigenvalue weighted by Gasteiger charge is -2.29. The van der Waals surface area contributed by atoms with Crippen molar-refractivity contribution >= 4 is 11.6 Å². The van der Waals surface area contributed by atoms with Crippen molar-refractivity contribution in [3.05, 3.63) is 70.3 Å². The van der Waals surface area contributed by atoms with Crippen molar-refractivity contribution in [1.82, 2.24) is 5.32 Å². The van der Waals surface area contributed by atoms with Gasteiger partial charge in [-0.2, -0.15) is 0 Å². The first-order chi connectivity index (χ1) is 13.6. The molecule has 0 saturated heterocycles. The topological polar surface area (TPSA) is 107 Å². The highest BCUT2D eigenvalue weighted by Crippen LogP contribution is 2.21. The van der Waals surface area contributed by atoms with Crippen LogP contribution in [-0.4, -0.2) is 30.8 Å². The molecule has 0 spiro atoms. The molecule has 2 aromatic rings. The fourth-order valence-electron chi connectivity index (χ4n) is 3.02. The van der Waals surface area contributed by atoms with Gasteiger partial charge >= 0.3 is 0 Å². The molecule has 8 heteroatoms. The monoisotopic (exact) mass is 404 g/mol. The van der Waals surface area contributed by atoms with Crippen molar-refractivity contribution in [2.45, 2.75) is 32.7 Å². The summed E-state index contributed by atoms with van der Waals surface area (Å²) in [5.41, 5.74) is 13.1. The number of nitrogens with one attached hydrogen (secondary N) is 1. The number of halogens is 2. The quantitative estimate of drug-likeness (QED) is 0.617. The van der Waals surface area contributed by atoms with Crippen molar-refractivity contribution in [3.8, 4) is 0 Å². The third-order valence-electron chi connectivity index (χ3n) is 4.69. The van der Waals surface area contributed by atoms with Gasteiger partial charge in [-0.15, -0.1) is 0 Å². The van der Waals surface area contributed by atoms with Crippen LogP contribution in [0, 0.1) is 18.6 Å². The van der Waals surface area contributed by atoms with E-state index in [2.05, 4.69) is 10.3 Å². The van der Waals surface area contributed by atoms with E-state index < -0.39 is 23.1 Å². The number of allylic oxidation sites excluding steroid dienone is 1. The van der Waals surface area contributed by atoms with Gasteiger partial charge in [0.15, 0.2) is 17.4 Å². The van der Waals surface area contributed by atoms with Crippen LogP contribution >= 0.6 is 0 Å². The van der Waals surface area contributed by atoms with Gasteiger partial charge in [0.05, 0.1) is 11.3 Å². The van der Waals surface area contributed by atoms with Gasteiger partial charge in [-0.05, 0) is 62.7 Å². The highest BCUT2D eigenvalue weighted by Gasteiger charge is 2.28. The molecule has 0 radical (unpaired) electrons. The number of carbonyl (C=O) groups is 1. The Morgan fingerprint density at radius 3 is 2.55 bits per heavy atom. The Labute approximate surface area is 168 Å². The third kappa shape index (κ3) is 5.08. The maximum Gasteiger partial charge on any atom is 0.287 e. The van der Waals surface area contributed by atoms with Gasteiger partial charge in [-0.25, -0.2) is 8.78 Å². The average Bonchev–Trinajstić information content (AvgIpc) is 3.07. The van der Waals surface area contributed by atoms with Crippen LogP contribution in [-0.2, 0) is 6.42 Å². The lowest BCUT2D eigenvalue weighted by molar-refractivity contribution is 0.0878. The normalized spacial score (nSPS) is 14.6. The molecule has 0 bridgehead atoms. The number of aryl methyl sites for hydroxylation is 1. The molecule has 1 aromatic carbocycles. The lowest BCUT2D eigenvalue weighted by atomic mass is 9.92. The minimum absolute atomic E-state index is 0.0843. The number of nitrogens with two attached hydrogens (primary N) is 2. The number of carbonyl (C=O) groups excluding carboxylic acids is 1. The van der Waals surface area contributed by atoms with Crippen molar-refractivity contribution in [1.29, 1.82) is 0 Å². The summed E-state index contributed by atoms with van der Waals surface area (Å²) in [4.78, 5) is 17.0. The molecule has 1 amide bonds. The Bertz CT molecular complexity index is 966. The largest absolute Gasteiger partial charge is 0.455 e. The number of benzene rings is 1. The van der Waals surface area contributed by atoms with Crippen LogP contribution in [0.15, 0.2) is 45.4 Å². The van der Waals surface area contributed by atoms with Crippen molar-refractivity contribution in [3.63, 3.8) is 0 Å². The molecule has 0 aliphatic heterocycles. The molecule has 0 unspecified atom stereocenters. The minimum atomic E-state index is -0.950. The molecule has 5 N–H and O–H groups in total. The summed E-state index contributed by atoms with van der Waals surface area (Å²) in [7, 11) is 1.63. The van der Waals surface area contributed by atoms with E-state index in [-0.39, 0.29) is 18.7 Å². The van der Waals surface area contributed by atoms with Crippen molar-refractivity contribution in [2.24, 2.45) is 16.5 Å². The van der Waals surface area contributed by atoms with E-state index in [0.29, 0.717) is 22.6 Å². The Balaban J connectivity index is 2.25. The molecule has 6 nitrogen and oxygen atoms in total. The molecule has 1 heterocycles. The van der Waals surface area contributed by atoms with Gasteiger partial charge in [0.2, 0.25) is 0 Å². The van der Waals surface area contributed by atoms with Gasteiger partial charge < -0.3 is 21.2 Å². The second-order valence-corrected chi connectivity index (χ2v) is 7.15. The van der Waals surface area contributed by atoms with E-state index in [0.717, 1.165) is 17.7 Å². The number of nitrogens with zero attached hydrogens (tertiary/aromatic N) is 1. The summed E-state index contributed by atoms with van der Waals surface area (Å²) in [6.45, 7) is 5.34. The van der Waals surface area contributed by atoms with Gasteiger partial charge in [-0.3, -0.25) is 9.79 Å². The van der Waals surface area contributed by atoms with Gasteiger partial charge in [0.25, 0.3) is 5.91 Å². The predicted octanol–water partition coefficient (Wildman–Crippen LogP) is 2.84. The van der Waals surface area contributed by atoms with E-state index >= 15 is 0 Å². The Morgan fingerprint density at radius 1 is 1.31 bits per heavy atom. The van der Waals surface area contributed by atoms with Crippen molar-refractivity contribution in [2.75, 3.05) is 13.6 Å². The second kappa shape index (κ2) is 9.00. The van der Waals surface area contributed by atoms with Crippen LogP contribution in [0.2, 0.25) is 0 Å². The van der Waals surface area contributed by atoms with Crippen LogP contribution in [0.4, 0.5) is 8.78 Å². The summed E-state index contributed by atoms with van der Waals surface area (Å²) >= 11 is 0. The van der Waals surface area contributed by atoms with Gasteiger partial charge in [-0.1, -0.05) is 6.07 Å². The first-order valence-electron chi connectivity index (χ1n) is 9.07. The molecule has 156 valence electrons. The minimum Gasteiger partial charge on any atom is -0.455 e. The van der Waals surface area contributed by atoms with E-state index in [1.54, 1.807) is 27.0 Å². The van der Waals surface area contributed by atoms with Crippen LogP contribution < -0.4 is 16.8 Å². The first-order valence-corrected chi connectivity index (χ1v) is 9.07. The maximum absolute atomic E-state index is 13.5. The SMILES string of the molecule is CN=C(C(C)=CN)c1cc(C(=O)N[C@@](C)(CN)Cc2ccc(F)c(F)c2)oc1C. The summed E-state index contributed by atoms with van der Waals surface area (Å²) in [5, 5.41) is 2.83.